The smallest absolute Gasteiger partial charge is 0.332 e. The molecule has 1 N–H and O–H groups in total. The SMILES string of the molecule is COc1ccc(C)cc1NC(=O)Cn1c(=O)n(CC2CCCO2)c(=O)c2ccccc21. The number of carbonyl (C=O) groups excluding carboxylic acids is 1. The van der Waals surface area contributed by atoms with Crippen LogP contribution in [0.15, 0.2) is 52.1 Å². The molecule has 31 heavy (non-hydrogen) atoms. The molecule has 0 spiro atoms. The van der Waals surface area contributed by atoms with Gasteiger partial charge in [-0.2, -0.15) is 0 Å². The second kappa shape index (κ2) is 8.77. The van der Waals surface area contributed by atoms with E-state index < -0.39 is 11.6 Å². The Morgan fingerprint density at radius 1 is 1.19 bits per heavy atom. The summed E-state index contributed by atoms with van der Waals surface area (Å²) in [5.74, 6) is 0.137. The maximum atomic E-state index is 13.2. The Balaban J connectivity index is 1.71. The highest BCUT2D eigenvalue weighted by atomic mass is 16.5. The van der Waals surface area contributed by atoms with E-state index in [4.69, 9.17) is 9.47 Å². The van der Waals surface area contributed by atoms with Crippen molar-refractivity contribution in [3.63, 3.8) is 0 Å². The Morgan fingerprint density at radius 3 is 2.74 bits per heavy atom. The molecule has 0 bridgehead atoms. The summed E-state index contributed by atoms with van der Waals surface area (Å²) in [7, 11) is 1.53. The molecular weight excluding hydrogens is 398 g/mol. The normalized spacial score (nSPS) is 15.9. The molecule has 0 aliphatic carbocycles. The minimum Gasteiger partial charge on any atom is -0.495 e. The van der Waals surface area contributed by atoms with E-state index in [2.05, 4.69) is 5.32 Å². The highest BCUT2D eigenvalue weighted by molar-refractivity contribution is 5.93. The largest absolute Gasteiger partial charge is 0.495 e. The Morgan fingerprint density at radius 2 is 2.00 bits per heavy atom. The Hall–Kier alpha value is -3.39. The van der Waals surface area contributed by atoms with Gasteiger partial charge in [0.1, 0.15) is 12.3 Å². The number of aryl methyl sites for hydroxylation is 1. The number of hydrogen-bond acceptors (Lipinski definition) is 5. The third kappa shape index (κ3) is 4.25. The maximum Gasteiger partial charge on any atom is 0.332 e. The first-order valence-corrected chi connectivity index (χ1v) is 10.3. The lowest BCUT2D eigenvalue weighted by molar-refractivity contribution is -0.116. The molecule has 8 heteroatoms. The number of aromatic nitrogens is 2. The molecule has 2 aromatic carbocycles. The van der Waals surface area contributed by atoms with Crippen LogP contribution in [0.2, 0.25) is 0 Å². The van der Waals surface area contributed by atoms with Crippen molar-refractivity contribution >= 4 is 22.5 Å². The molecule has 0 saturated carbocycles. The number of anilines is 1. The van der Waals surface area contributed by atoms with Crippen LogP contribution in [0.5, 0.6) is 5.75 Å². The van der Waals surface area contributed by atoms with Gasteiger partial charge in [0.25, 0.3) is 5.56 Å². The van der Waals surface area contributed by atoms with Crippen LogP contribution in [0.3, 0.4) is 0 Å². The van der Waals surface area contributed by atoms with Crippen molar-refractivity contribution in [3.8, 4) is 5.75 Å². The van der Waals surface area contributed by atoms with Crippen molar-refractivity contribution in [2.75, 3.05) is 19.0 Å². The fourth-order valence-electron chi connectivity index (χ4n) is 3.93. The van der Waals surface area contributed by atoms with Gasteiger partial charge in [-0.25, -0.2) is 4.79 Å². The fraction of sp³-hybridized carbons (Fsp3) is 0.348. The lowest BCUT2D eigenvalue weighted by atomic mass is 10.2. The van der Waals surface area contributed by atoms with E-state index in [9.17, 15) is 14.4 Å². The van der Waals surface area contributed by atoms with E-state index in [1.54, 1.807) is 36.4 Å². The van der Waals surface area contributed by atoms with Crippen molar-refractivity contribution in [2.24, 2.45) is 0 Å². The van der Waals surface area contributed by atoms with Crippen molar-refractivity contribution in [1.82, 2.24) is 9.13 Å². The zero-order chi connectivity index (χ0) is 22.0. The van der Waals surface area contributed by atoms with Gasteiger partial charge >= 0.3 is 5.69 Å². The molecule has 3 aromatic rings. The van der Waals surface area contributed by atoms with E-state index in [-0.39, 0.29) is 24.8 Å². The second-order valence-corrected chi connectivity index (χ2v) is 7.69. The minimum absolute atomic E-state index is 0.176. The van der Waals surface area contributed by atoms with Crippen LogP contribution in [0.4, 0.5) is 5.69 Å². The molecule has 1 fully saturated rings. The van der Waals surface area contributed by atoms with Crippen molar-refractivity contribution in [1.29, 1.82) is 0 Å². The molecule has 1 aliphatic rings. The minimum atomic E-state index is -0.523. The molecule has 1 unspecified atom stereocenters. The molecule has 162 valence electrons. The molecule has 1 amide bonds. The molecule has 2 heterocycles. The van der Waals surface area contributed by atoms with Gasteiger partial charge in [0.15, 0.2) is 0 Å². The summed E-state index contributed by atoms with van der Waals surface area (Å²) in [6.07, 6.45) is 1.53. The average molecular weight is 423 g/mol. The van der Waals surface area contributed by atoms with Crippen LogP contribution >= 0.6 is 0 Å². The zero-order valence-corrected chi connectivity index (χ0v) is 17.6. The van der Waals surface area contributed by atoms with Gasteiger partial charge in [0.2, 0.25) is 5.91 Å². The number of amides is 1. The van der Waals surface area contributed by atoms with Gasteiger partial charge < -0.3 is 14.8 Å². The molecule has 8 nitrogen and oxygen atoms in total. The highest BCUT2D eigenvalue weighted by Crippen LogP contribution is 2.25. The Kier molecular flexibility index (Phi) is 5.90. The van der Waals surface area contributed by atoms with Gasteiger partial charge in [-0.3, -0.25) is 18.7 Å². The molecule has 0 radical (unpaired) electrons. The van der Waals surface area contributed by atoms with E-state index >= 15 is 0 Å². The lowest BCUT2D eigenvalue weighted by Gasteiger charge is -2.17. The summed E-state index contributed by atoms with van der Waals surface area (Å²) in [6.45, 7) is 2.48. The summed E-state index contributed by atoms with van der Waals surface area (Å²) >= 11 is 0. The van der Waals surface area contributed by atoms with E-state index in [0.29, 0.717) is 28.9 Å². The number of hydrogen-bond donors (Lipinski definition) is 1. The van der Waals surface area contributed by atoms with Crippen molar-refractivity contribution < 1.29 is 14.3 Å². The molecule has 1 atom stereocenters. The second-order valence-electron chi connectivity index (χ2n) is 7.69. The number of benzene rings is 2. The highest BCUT2D eigenvalue weighted by Gasteiger charge is 2.21. The number of nitrogens with one attached hydrogen (secondary N) is 1. The number of carbonyl (C=O) groups is 1. The Labute approximate surface area is 179 Å². The van der Waals surface area contributed by atoms with Crippen molar-refractivity contribution in [3.05, 3.63) is 68.9 Å². The fourth-order valence-corrected chi connectivity index (χ4v) is 3.93. The third-order valence-corrected chi connectivity index (χ3v) is 5.47. The average Bonchev–Trinajstić information content (AvgIpc) is 3.28. The first-order valence-electron chi connectivity index (χ1n) is 10.3. The van der Waals surface area contributed by atoms with Gasteiger partial charge in [-0.1, -0.05) is 18.2 Å². The van der Waals surface area contributed by atoms with Crippen LogP contribution in [-0.2, 0) is 22.6 Å². The van der Waals surface area contributed by atoms with Crippen LogP contribution in [0.25, 0.3) is 10.9 Å². The topological polar surface area (TPSA) is 91.6 Å². The number of fused-ring (bicyclic) bond motifs is 1. The van der Waals surface area contributed by atoms with E-state index in [1.165, 1.54) is 16.2 Å². The summed E-state index contributed by atoms with van der Waals surface area (Å²) < 4.78 is 13.4. The van der Waals surface area contributed by atoms with Crippen LogP contribution < -0.4 is 21.3 Å². The number of nitrogens with zero attached hydrogens (tertiary/aromatic N) is 2. The van der Waals surface area contributed by atoms with E-state index in [1.807, 2.05) is 13.0 Å². The van der Waals surface area contributed by atoms with Gasteiger partial charge in [0, 0.05) is 6.61 Å². The third-order valence-electron chi connectivity index (χ3n) is 5.47. The summed E-state index contributed by atoms with van der Waals surface area (Å²) in [5.41, 5.74) is 1.02. The standard InChI is InChI=1S/C23H25N3O5/c1-15-9-10-20(30-2)18(12-15)24-21(27)14-25-19-8-4-3-7-17(19)22(28)26(23(25)29)13-16-6-5-11-31-16/h3-4,7-10,12,16H,5-6,11,13-14H2,1-2H3,(H,24,27). The predicted octanol–water partition coefficient (Wildman–Crippen LogP) is 2.30. The molecule has 1 aromatic heterocycles. The molecule has 1 aliphatic heterocycles. The Bertz CT molecular complexity index is 1240. The number of para-hydroxylation sites is 1. The van der Waals surface area contributed by atoms with Crippen LogP contribution in [-0.4, -0.2) is 34.9 Å². The number of ether oxygens (including phenoxy) is 2. The first kappa shape index (κ1) is 20.9. The predicted molar refractivity (Wildman–Crippen MR) is 118 cm³/mol. The monoisotopic (exact) mass is 423 g/mol. The van der Waals surface area contributed by atoms with Crippen LogP contribution in [0.1, 0.15) is 18.4 Å². The summed E-state index contributed by atoms with van der Waals surface area (Å²) in [4.78, 5) is 39.0. The van der Waals surface area contributed by atoms with Gasteiger partial charge in [-0.05, 0) is 49.6 Å². The van der Waals surface area contributed by atoms with Crippen LogP contribution in [0, 0.1) is 6.92 Å². The van der Waals surface area contributed by atoms with Crippen molar-refractivity contribution in [2.45, 2.75) is 39.0 Å². The lowest BCUT2D eigenvalue weighted by Crippen LogP contribution is -2.43. The molecule has 1 saturated heterocycles. The summed E-state index contributed by atoms with van der Waals surface area (Å²) in [6, 6.07) is 12.3. The molecular formula is C23H25N3O5. The quantitative estimate of drug-likeness (QED) is 0.657. The number of rotatable bonds is 6. The first-order chi connectivity index (χ1) is 15.0. The zero-order valence-electron chi connectivity index (χ0n) is 17.6. The number of methoxy groups -OCH3 is 1. The summed E-state index contributed by atoms with van der Waals surface area (Å²) in [5, 5.41) is 3.20. The van der Waals surface area contributed by atoms with Gasteiger partial charge in [0.05, 0.1) is 36.3 Å². The van der Waals surface area contributed by atoms with Gasteiger partial charge in [-0.15, -0.1) is 0 Å². The van der Waals surface area contributed by atoms with E-state index in [0.717, 1.165) is 18.4 Å². The maximum absolute atomic E-state index is 13.2. The molecule has 4 rings (SSSR count).